The second-order valence-corrected chi connectivity index (χ2v) is 8.57. The first-order valence-corrected chi connectivity index (χ1v) is 10.2. The maximum Gasteiger partial charge on any atom is 0.243 e. The Kier molecular flexibility index (Phi) is 5.80. The molecule has 0 radical (unpaired) electrons. The summed E-state index contributed by atoms with van der Waals surface area (Å²) >= 11 is 0. The molecule has 3 rings (SSSR count). The van der Waals surface area contributed by atoms with Gasteiger partial charge in [-0.05, 0) is 37.3 Å². The molecule has 142 valence electrons. The zero-order chi connectivity index (χ0) is 19.4. The molecule has 2 aromatic rings. The highest BCUT2D eigenvalue weighted by Crippen LogP contribution is 2.23. The van der Waals surface area contributed by atoms with Crippen LogP contribution in [0, 0.1) is 18.3 Å². The SMILES string of the molecule is COc1ccc(C)cc1CN1CCN(S(=O)(=O)c2ccc(C#N)cc2)CC1. The smallest absolute Gasteiger partial charge is 0.243 e. The van der Waals surface area contributed by atoms with Crippen LogP contribution in [-0.2, 0) is 16.6 Å². The summed E-state index contributed by atoms with van der Waals surface area (Å²) in [4.78, 5) is 2.47. The second-order valence-electron chi connectivity index (χ2n) is 6.63. The summed E-state index contributed by atoms with van der Waals surface area (Å²) in [5.41, 5.74) is 2.74. The molecule has 0 bridgehead atoms. The van der Waals surface area contributed by atoms with Gasteiger partial charge in [0.25, 0.3) is 0 Å². The van der Waals surface area contributed by atoms with Crippen molar-refractivity contribution in [2.75, 3.05) is 33.3 Å². The lowest BCUT2D eigenvalue weighted by Crippen LogP contribution is -2.48. The Bertz CT molecular complexity index is 941. The van der Waals surface area contributed by atoms with E-state index < -0.39 is 10.0 Å². The van der Waals surface area contributed by atoms with Crippen molar-refractivity contribution in [2.45, 2.75) is 18.4 Å². The Morgan fingerprint density at radius 1 is 1.07 bits per heavy atom. The minimum absolute atomic E-state index is 0.232. The largest absolute Gasteiger partial charge is 0.496 e. The van der Waals surface area contributed by atoms with Gasteiger partial charge in [-0.25, -0.2) is 8.42 Å². The molecule has 6 nitrogen and oxygen atoms in total. The first-order valence-electron chi connectivity index (χ1n) is 8.80. The van der Waals surface area contributed by atoms with E-state index in [1.165, 1.54) is 34.1 Å². The van der Waals surface area contributed by atoms with Gasteiger partial charge in [0.15, 0.2) is 0 Å². The van der Waals surface area contributed by atoms with Gasteiger partial charge in [-0.3, -0.25) is 4.90 Å². The molecule has 0 saturated carbocycles. The Balaban J connectivity index is 1.66. The van der Waals surface area contributed by atoms with Crippen LogP contribution in [0.1, 0.15) is 16.7 Å². The molecule has 0 aromatic heterocycles. The molecule has 7 heteroatoms. The Morgan fingerprint density at radius 2 is 1.74 bits per heavy atom. The normalized spacial score (nSPS) is 16.0. The monoisotopic (exact) mass is 385 g/mol. The van der Waals surface area contributed by atoms with Gasteiger partial charge >= 0.3 is 0 Å². The predicted molar refractivity (Wildman–Crippen MR) is 103 cm³/mol. The number of nitrogens with zero attached hydrogens (tertiary/aromatic N) is 3. The van der Waals surface area contributed by atoms with Crippen LogP contribution in [0.2, 0.25) is 0 Å². The van der Waals surface area contributed by atoms with E-state index in [0.717, 1.165) is 17.9 Å². The van der Waals surface area contributed by atoms with Gasteiger partial charge in [0.05, 0.1) is 23.6 Å². The summed E-state index contributed by atoms with van der Waals surface area (Å²) in [6, 6.07) is 14.2. The fourth-order valence-electron chi connectivity index (χ4n) is 3.25. The number of sulfonamides is 1. The van der Waals surface area contributed by atoms with Crippen molar-refractivity contribution in [3.63, 3.8) is 0 Å². The summed E-state index contributed by atoms with van der Waals surface area (Å²) in [6.07, 6.45) is 0. The quantitative estimate of drug-likeness (QED) is 0.790. The molecule has 0 N–H and O–H groups in total. The van der Waals surface area contributed by atoms with Gasteiger partial charge in [-0.1, -0.05) is 17.7 Å². The van der Waals surface area contributed by atoms with E-state index in [0.29, 0.717) is 31.7 Å². The number of hydrogen-bond donors (Lipinski definition) is 0. The maximum atomic E-state index is 12.8. The summed E-state index contributed by atoms with van der Waals surface area (Å²) in [5.74, 6) is 0.855. The number of ether oxygens (including phenoxy) is 1. The van der Waals surface area contributed by atoms with Crippen molar-refractivity contribution < 1.29 is 13.2 Å². The lowest BCUT2D eigenvalue weighted by Gasteiger charge is -2.34. The zero-order valence-electron chi connectivity index (χ0n) is 15.6. The van der Waals surface area contributed by atoms with Gasteiger partial charge in [-0.2, -0.15) is 9.57 Å². The van der Waals surface area contributed by atoms with Crippen molar-refractivity contribution in [3.05, 3.63) is 59.2 Å². The third kappa shape index (κ3) is 4.30. The predicted octanol–water partition coefficient (Wildman–Crippen LogP) is 2.38. The number of hydrogen-bond acceptors (Lipinski definition) is 5. The van der Waals surface area contributed by atoms with E-state index in [-0.39, 0.29) is 4.90 Å². The minimum Gasteiger partial charge on any atom is -0.496 e. The lowest BCUT2D eigenvalue weighted by molar-refractivity contribution is 0.180. The van der Waals surface area contributed by atoms with Crippen LogP contribution in [0.25, 0.3) is 0 Å². The van der Waals surface area contributed by atoms with Gasteiger partial charge < -0.3 is 4.74 Å². The van der Waals surface area contributed by atoms with Crippen molar-refractivity contribution >= 4 is 10.0 Å². The molecular formula is C20H23N3O3S. The number of benzene rings is 2. The molecule has 1 saturated heterocycles. The van der Waals surface area contributed by atoms with E-state index in [2.05, 4.69) is 11.0 Å². The highest BCUT2D eigenvalue weighted by Gasteiger charge is 2.28. The van der Waals surface area contributed by atoms with Gasteiger partial charge in [0, 0.05) is 38.3 Å². The van der Waals surface area contributed by atoms with E-state index in [9.17, 15) is 8.42 Å². The summed E-state index contributed by atoms with van der Waals surface area (Å²) < 4.78 is 32.6. The first-order chi connectivity index (χ1) is 12.9. The molecule has 0 atom stereocenters. The topological polar surface area (TPSA) is 73.6 Å². The van der Waals surface area contributed by atoms with Crippen LogP contribution in [0.5, 0.6) is 5.75 Å². The van der Waals surface area contributed by atoms with Gasteiger partial charge in [0.1, 0.15) is 5.75 Å². The molecular weight excluding hydrogens is 362 g/mol. The number of rotatable bonds is 5. The van der Waals surface area contributed by atoms with Crippen LogP contribution < -0.4 is 4.74 Å². The Hall–Kier alpha value is -2.40. The molecule has 2 aromatic carbocycles. The van der Waals surface area contributed by atoms with Crippen molar-refractivity contribution in [2.24, 2.45) is 0 Å². The number of nitriles is 1. The zero-order valence-corrected chi connectivity index (χ0v) is 16.4. The first kappa shape index (κ1) is 19.4. The fourth-order valence-corrected chi connectivity index (χ4v) is 4.67. The molecule has 0 spiro atoms. The van der Waals surface area contributed by atoms with Gasteiger partial charge in [-0.15, -0.1) is 0 Å². The van der Waals surface area contributed by atoms with Crippen LogP contribution in [0.3, 0.4) is 0 Å². The highest BCUT2D eigenvalue weighted by atomic mass is 32.2. The van der Waals surface area contributed by atoms with E-state index in [1.807, 2.05) is 25.1 Å². The molecule has 1 fully saturated rings. The van der Waals surface area contributed by atoms with Crippen molar-refractivity contribution in [1.29, 1.82) is 5.26 Å². The number of methoxy groups -OCH3 is 1. The van der Waals surface area contributed by atoms with Crippen LogP contribution >= 0.6 is 0 Å². The van der Waals surface area contributed by atoms with Crippen LogP contribution in [-0.4, -0.2) is 50.9 Å². The Morgan fingerprint density at radius 3 is 2.33 bits per heavy atom. The van der Waals surface area contributed by atoms with E-state index in [4.69, 9.17) is 10.00 Å². The summed E-state index contributed by atoms with van der Waals surface area (Å²) in [6.45, 7) is 4.98. The van der Waals surface area contributed by atoms with Crippen molar-refractivity contribution in [1.82, 2.24) is 9.21 Å². The third-order valence-corrected chi connectivity index (χ3v) is 6.70. The summed E-state index contributed by atoms with van der Waals surface area (Å²) in [5, 5.41) is 8.86. The standard InChI is InChI=1S/C20H23N3O3S/c1-16-3-8-20(26-2)18(13-16)15-22-9-11-23(12-10-22)27(24,25)19-6-4-17(14-21)5-7-19/h3-8,13H,9-12,15H2,1-2H3. The Labute approximate surface area is 160 Å². The molecule has 1 aliphatic rings. The number of aryl methyl sites for hydroxylation is 1. The molecule has 0 amide bonds. The van der Waals surface area contributed by atoms with E-state index in [1.54, 1.807) is 7.11 Å². The molecule has 27 heavy (non-hydrogen) atoms. The average molecular weight is 385 g/mol. The van der Waals surface area contributed by atoms with Crippen LogP contribution in [0.4, 0.5) is 0 Å². The average Bonchev–Trinajstić information content (AvgIpc) is 2.68. The lowest BCUT2D eigenvalue weighted by atomic mass is 10.1. The van der Waals surface area contributed by atoms with Crippen molar-refractivity contribution in [3.8, 4) is 11.8 Å². The van der Waals surface area contributed by atoms with Gasteiger partial charge in [0.2, 0.25) is 10.0 Å². The summed E-state index contributed by atoms with van der Waals surface area (Å²) in [7, 11) is -1.87. The van der Waals surface area contributed by atoms with Crippen LogP contribution in [0.15, 0.2) is 47.4 Å². The highest BCUT2D eigenvalue weighted by molar-refractivity contribution is 7.89. The third-order valence-electron chi connectivity index (χ3n) is 4.78. The molecule has 0 aliphatic carbocycles. The number of piperazine rings is 1. The molecule has 1 heterocycles. The molecule has 0 unspecified atom stereocenters. The van der Waals surface area contributed by atoms with E-state index >= 15 is 0 Å². The molecule has 1 aliphatic heterocycles. The maximum absolute atomic E-state index is 12.8. The fraction of sp³-hybridized carbons (Fsp3) is 0.350. The second kappa shape index (κ2) is 8.09. The minimum atomic E-state index is -3.53.